The molecule has 0 spiro atoms. The summed E-state index contributed by atoms with van der Waals surface area (Å²) in [7, 11) is 0. The van der Waals surface area contributed by atoms with E-state index in [1.807, 2.05) is 26.0 Å². The predicted molar refractivity (Wildman–Crippen MR) is 64.4 cm³/mol. The van der Waals surface area contributed by atoms with E-state index in [1.54, 1.807) is 6.07 Å². The quantitative estimate of drug-likeness (QED) is 0.918. The van der Waals surface area contributed by atoms with Crippen molar-refractivity contribution in [3.05, 3.63) is 33.3 Å². The minimum atomic E-state index is -0.827. The summed E-state index contributed by atoms with van der Waals surface area (Å²) in [5.74, 6) is -0.827. The van der Waals surface area contributed by atoms with Crippen molar-refractivity contribution >= 4 is 33.5 Å². The van der Waals surface area contributed by atoms with Crippen LogP contribution in [0.25, 0.3) is 0 Å². The number of carbonyl (C=O) groups is 1. The van der Waals surface area contributed by atoms with Crippen LogP contribution in [0.2, 0.25) is 5.02 Å². The number of rotatable bonds is 3. The molecule has 0 aromatic heterocycles. The first-order chi connectivity index (χ1) is 6.84. The average Bonchev–Trinajstić information content (AvgIpc) is 1.99. The van der Waals surface area contributed by atoms with E-state index >= 15 is 0 Å². The van der Waals surface area contributed by atoms with E-state index in [0.717, 1.165) is 10.0 Å². The van der Waals surface area contributed by atoms with Crippen LogP contribution in [0, 0.1) is 0 Å². The molecule has 0 heterocycles. The summed E-state index contributed by atoms with van der Waals surface area (Å²) >= 11 is 9.47. The van der Waals surface area contributed by atoms with Gasteiger partial charge in [0.25, 0.3) is 0 Å². The minimum Gasteiger partial charge on any atom is -0.481 e. The Hall–Kier alpha value is -0.540. The van der Waals surface area contributed by atoms with Crippen molar-refractivity contribution in [3.8, 4) is 0 Å². The Morgan fingerprint density at radius 3 is 2.60 bits per heavy atom. The van der Waals surface area contributed by atoms with E-state index in [-0.39, 0.29) is 6.42 Å². The van der Waals surface area contributed by atoms with Gasteiger partial charge in [-0.05, 0) is 17.7 Å². The van der Waals surface area contributed by atoms with Crippen molar-refractivity contribution in [1.82, 2.24) is 0 Å². The summed E-state index contributed by atoms with van der Waals surface area (Å²) in [6.07, 6.45) is 0.0509. The number of hydrogen-bond donors (Lipinski definition) is 1. The zero-order valence-electron chi connectivity index (χ0n) is 8.55. The molecule has 0 fully saturated rings. The highest BCUT2D eigenvalue weighted by Crippen LogP contribution is 2.37. The van der Waals surface area contributed by atoms with Gasteiger partial charge in [0.1, 0.15) is 0 Å². The fourth-order valence-corrected chi connectivity index (χ4v) is 3.06. The molecule has 0 saturated carbocycles. The van der Waals surface area contributed by atoms with Crippen molar-refractivity contribution in [2.24, 2.45) is 0 Å². The first-order valence-electron chi connectivity index (χ1n) is 4.51. The van der Waals surface area contributed by atoms with Crippen LogP contribution in [0.5, 0.6) is 0 Å². The SMILES string of the molecule is CC(C)(CC(=O)O)c1c(Cl)cccc1Br. The lowest BCUT2D eigenvalue weighted by Gasteiger charge is -2.25. The first kappa shape index (κ1) is 12.5. The van der Waals surface area contributed by atoms with Gasteiger partial charge in [-0.2, -0.15) is 0 Å². The maximum atomic E-state index is 10.8. The molecule has 0 aliphatic rings. The lowest BCUT2D eigenvalue weighted by atomic mass is 9.81. The second-order valence-electron chi connectivity index (χ2n) is 4.05. The van der Waals surface area contributed by atoms with Crippen LogP contribution in [0.1, 0.15) is 25.8 Å². The van der Waals surface area contributed by atoms with Crippen molar-refractivity contribution in [1.29, 1.82) is 0 Å². The fraction of sp³-hybridized carbons (Fsp3) is 0.364. The molecule has 1 rings (SSSR count). The van der Waals surface area contributed by atoms with Gasteiger partial charge in [0.05, 0.1) is 6.42 Å². The number of benzene rings is 1. The molecule has 0 aliphatic heterocycles. The Labute approximate surface area is 102 Å². The highest BCUT2D eigenvalue weighted by Gasteiger charge is 2.28. The van der Waals surface area contributed by atoms with E-state index < -0.39 is 11.4 Å². The summed E-state index contributed by atoms with van der Waals surface area (Å²) in [5.41, 5.74) is 0.359. The molecular weight excluding hydrogens is 279 g/mol. The third-order valence-corrected chi connectivity index (χ3v) is 3.21. The Morgan fingerprint density at radius 2 is 2.13 bits per heavy atom. The molecule has 15 heavy (non-hydrogen) atoms. The van der Waals surface area contributed by atoms with E-state index in [1.165, 1.54) is 0 Å². The van der Waals surface area contributed by atoms with Crippen molar-refractivity contribution in [2.45, 2.75) is 25.7 Å². The van der Waals surface area contributed by atoms with Crippen LogP contribution in [0.4, 0.5) is 0 Å². The van der Waals surface area contributed by atoms with Gasteiger partial charge in [-0.15, -0.1) is 0 Å². The monoisotopic (exact) mass is 290 g/mol. The van der Waals surface area contributed by atoms with Gasteiger partial charge in [0.15, 0.2) is 0 Å². The maximum absolute atomic E-state index is 10.8. The molecule has 0 bridgehead atoms. The molecule has 4 heteroatoms. The normalized spacial score (nSPS) is 11.5. The van der Waals surface area contributed by atoms with Crippen molar-refractivity contribution in [3.63, 3.8) is 0 Å². The van der Waals surface area contributed by atoms with Gasteiger partial charge in [-0.25, -0.2) is 0 Å². The van der Waals surface area contributed by atoms with Gasteiger partial charge in [-0.3, -0.25) is 4.79 Å². The Morgan fingerprint density at radius 1 is 1.53 bits per heavy atom. The third kappa shape index (κ3) is 2.95. The molecule has 0 atom stereocenters. The smallest absolute Gasteiger partial charge is 0.304 e. The van der Waals surface area contributed by atoms with Gasteiger partial charge in [-0.1, -0.05) is 47.4 Å². The number of aliphatic carboxylic acids is 1. The van der Waals surface area contributed by atoms with Gasteiger partial charge < -0.3 is 5.11 Å². The molecule has 1 aromatic rings. The second kappa shape index (κ2) is 4.54. The lowest BCUT2D eigenvalue weighted by molar-refractivity contribution is -0.138. The zero-order valence-corrected chi connectivity index (χ0v) is 10.9. The summed E-state index contributed by atoms with van der Waals surface area (Å²) < 4.78 is 0.848. The number of halogens is 2. The molecule has 1 N–H and O–H groups in total. The maximum Gasteiger partial charge on any atom is 0.304 e. The second-order valence-corrected chi connectivity index (χ2v) is 5.31. The van der Waals surface area contributed by atoms with Crippen molar-refractivity contribution < 1.29 is 9.90 Å². The van der Waals surface area contributed by atoms with E-state index in [2.05, 4.69) is 15.9 Å². The Bertz CT molecular complexity index is 368. The zero-order chi connectivity index (χ0) is 11.6. The van der Waals surface area contributed by atoms with Gasteiger partial charge >= 0.3 is 5.97 Å². The molecule has 1 aromatic carbocycles. The van der Waals surface area contributed by atoms with Crippen LogP contribution < -0.4 is 0 Å². The number of carboxylic acid groups (broad SMARTS) is 1. The molecule has 0 radical (unpaired) electrons. The van der Waals surface area contributed by atoms with Crippen LogP contribution >= 0.6 is 27.5 Å². The van der Waals surface area contributed by atoms with Crippen LogP contribution in [0.3, 0.4) is 0 Å². The number of carboxylic acids is 1. The Balaban J connectivity index is 3.19. The average molecular weight is 292 g/mol. The van der Waals surface area contributed by atoms with Crippen LogP contribution in [-0.4, -0.2) is 11.1 Å². The first-order valence-corrected chi connectivity index (χ1v) is 5.68. The number of hydrogen-bond acceptors (Lipinski definition) is 1. The summed E-state index contributed by atoms with van der Waals surface area (Å²) in [5, 5.41) is 9.43. The molecule has 0 aliphatic carbocycles. The third-order valence-electron chi connectivity index (χ3n) is 2.23. The standard InChI is InChI=1S/C11H12BrClO2/c1-11(2,6-9(14)15)10-7(12)4-3-5-8(10)13/h3-5H,6H2,1-2H3,(H,14,15). The van der Waals surface area contributed by atoms with E-state index in [0.29, 0.717) is 5.02 Å². The Kier molecular flexibility index (Phi) is 3.79. The van der Waals surface area contributed by atoms with Gasteiger partial charge in [0, 0.05) is 14.9 Å². The summed E-state index contributed by atoms with van der Waals surface area (Å²) in [6.45, 7) is 3.74. The molecular formula is C11H12BrClO2. The minimum absolute atomic E-state index is 0.0509. The molecule has 2 nitrogen and oxygen atoms in total. The highest BCUT2D eigenvalue weighted by atomic mass is 79.9. The molecule has 82 valence electrons. The summed E-state index contributed by atoms with van der Waals surface area (Å²) in [4.78, 5) is 10.8. The van der Waals surface area contributed by atoms with Crippen LogP contribution in [-0.2, 0) is 10.2 Å². The molecule has 0 saturated heterocycles. The van der Waals surface area contributed by atoms with E-state index in [4.69, 9.17) is 16.7 Å². The highest BCUT2D eigenvalue weighted by molar-refractivity contribution is 9.10. The van der Waals surface area contributed by atoms with Crippen molar-refractivity contribution in [2.75, 3.05) is 0 Å². The van der Waals surface area contributed by atoms with E-state index in [9.17, 15) is 4.79 Å². The largest absolute Gasteiger partial charge is 0.481 e. The lowest BCUT2D eigenvalue weighted by Crippen LogP contribution is -2.22. The summed E-state index contributed by atoms with van der Waals surface area (Å²) in [6, 6.07) is 5.46. The van der Waals surface area contributed by atoms with Gasteiger partial charge in [0.2, 0.25) is 0 Å². The fourth-order valence-electron chi connectivity index (χ4n) is 1.61. The molecule has 0 unspecified atom stereocenters. The van der Waals surface area contributed by atoms with Crippen LogP contribution in [0.15, 0.2) is 22.7 Å². The predicted octanol–water partition coefficient (Wildman–Crippen LogP) is 3.85. The topological polar surface area (TPSA) is 37.3 Å². The molecule has 0 amide bonds.